The van der Waals surface area contributed by atoms with Crippen LogP contribution < -0.4 is 0 Å². The van der Waals surface area contributed by atoms with Crippen LogP contribution in [0.25, 0.3) is 0 Å². The van der Waals surface area contributed by atoms with Crippen LogP contribution >= 0.6 is 29.7 Å². The Hall–Kier alpha value is -0.330. The van der Waals surface area contributed by atoms with Crippen LogP contribution in [0.15, 0.2) is 29.3 Å². The van der Waals surface area contributed by atoms with Gasteiger partial charge in [0.1, 0.15) is 0 Å². The highest BCUT2D eigenvalue weighted by atomic mass is 35.5. The SMILES string of the molecule is CCCSP(=O)(OCC)N(C=Nc1ccc(Cl)cc1)CCS(C)=O. The lowest BCUT2D eigenvalue weighted by atomic mass is 10.3. The predicted octanol–water partition coefficient (Wildman–Crippen LogP) is 4.97. The summed E-state index contributed by atoms with van der Waals surface area (Å²) in [5.41, 5.74) is 0.700. The summed E-state index contributed by atoms with van der Waals surface area (Å²) < 4.78 is 31.8. The molecule has 0 N–H and O–H groups in total. The summed E-state index contributed by atoms with van der Waals surface area (Å²) in [4.78, 5) is 4.36. The Kier molecular flexibility index (Phi) is 10.2. The zero-order chi connectivity index (χ0) is 18.0. The second kappa shape index (κ2) is 11.3. The maximum Gasteiger partial charge on any atom is 0.354 e. The van der Waals surface area contributed by atoms with Crippen molar-refractivity contribution in [2.75, 3.05) is 30.9 Å². The van der Waals surface area contributed by atoms with Gasteiger partial charge in [0, 0.05) is 40.1 Å². The third-order valence-electron chi connectivity index (χ3n) is 2.84. The van der Waals surface area contributed by atoms with Crippen molar-refractivity contribution in [3.8, 4) is 0 Å². The molecule has 0 aliphatic rings. The predicted molar refractivity (Wildman–Crippen MR) is 107 cm³/mol. The number of benzene rings is 1. The molecule has 1 rings (SSSR count). The van der Waals surface area contributed by atoms with Gasteiger partial charge in [0.25, 0.3) is 0 Å². The van der Waals surface area contributed by atoms with Crippen LogP contribution in [0.1, 0.15) is 20.3 Å². The fourth-order valence-corrected chi connectivity index (χ4v) is 6.63. The number of hydrogen-bond donors (Lipinski definition) is 0. The fraction of sp³-hybridized carbons (Fsp3) is 0.533. The summed E-state index contributed by atoms with van der Waals surface area (Å²) >= 11 is 7.16. The first-order valence-corrected chi connectivity index (χ1v) is 12.9. The lowest BCUT2D eigenvalue weighted by Crippen LogP contribution is -2.24. The van der Waals surface area contributed by atoms with Crippen LogP contribution in [0.4, 0.5) is 5.69 Å². The standard InChI is InChI=1S/C15H24ClN2O3PS2/c1-4-11-23-22(19,21-5-2)18(10-12-24(3)20)13-17-15-8-6-14(16)7-9-15/h6-9,13H,4-5,10-12H2,1-3H3. The first kappa shape index (κ1) is 21.7. The van der Waals surface area contributed by atoms with E-state index in [0.717, 1.165) is 12.2 Å². The van der Waals surface area contributed by atoms with Crippen LogP contribution in [0.3, 0.4) is 0 Å². The van der Waals surface area contributed by atoms with E-state index in [-0.39, 0.29) is 0 Å². The van der Waals surface area contributed by atoms with Crippen molar-refractivity contribution < 1.29 is 13.3 Å². The zero-order valence-electron chi connectivity index (χ0n) is 14.2. The van der Waals surface area contributed by atoms with Crippen molar-refractivity contribution in [2.45, 2.75) is 20.3 Å². The molecule has 24 heavy (non-hydrogen) atoms. The van der Waals surface area contributed by atoms with E-state index in [0.29, 0.717) is 29.6 Å². The van der Waals surface area contributed by atoms with E-state index in [9.17, 15) is 8.77 Å². The minimum Gasteiger partial charge on any atom is -0.306 e. The highest BCUT2D eigenvalue weighted by molar-refractivity contribution is 8.55. The molecule has 9 heteroatoms. The molecule has 0 heterocycles. The monoisotopic (exact) mass is 410 g/mol. The molecule has 2 atom stereocenters. The summed E-state index contributed by atoms with van der Waals surface area (Å²) in [6, 6.07) is 7.04. The van der Waals surface area contributed by atoms with Gasteiger partial charge < -0.3 is 4.52 Å². The molecule has 0 saturated heterocycles. The van der Waals surface area contributed by atoms with E-state index >= 15 is 0 Å². The normalized spacial score (nSPS) is 15.3. The average molecular weight is 411 g/mol. The third-order valence-corrected chi connectivity index (χ3v) is 8.76. The van der Waals surface area contributed by atoms with Crippen molar-refractivity contribution in [3.05, 3.63) is 29.3 Å². The van der Waals surface area contributed by atoms with Gasteiger partial charge in [0.05, 0.1) is 18.6 Å². The molecule has 1 aromatic rings. The average Bonchev–Trinajstić information content (AvgIpc) is 2.54. The van der Waals surface area contributed by atoms with E-state index < -0.39 is 17.5 Å². The summed E-state index contributed by atoms with van der Waals surface area (Å²) in [6.07, 6.45) is 4.04. The van der Waals surface area contributed by atoms with Gasteiger partial charge in [-0.15, -0.1) is 0 Å². The molecule has 136 valence electrons. The molecule has 0 aromatic heterocycles. The van der Waals surface area contributed by atoms with E-state index in [2.05, 4.69) is 4.99 Å². The fourth-order valence-electron chi connectivity index (χ4n) is 1.68. The topological polar surface area (TPSA) is 59.0 Å². The molecule has 2 unspecified atom stereocenters. The number of hydrogen-bond acceptors (Lipinski definition) is 5. The maximum atomic E-state index is 13.2. The quantitative estimate of drug-likeness (QED) is 0.293. The Balaban J connectivity index is 3.00. The molecule has 0 radical (unpaired) electrons. The van der Waals surface area contributed by atoms with Gasteiger partial charge in [-0.1, -0.05) is 18.5 Å². The lowest BCUT2D eigenvalue weighted by molar-refractivity contribution is 0.319. The van der Waals surface area contributed by atoms with Crippen molar-refractivity contribution in [1.82, 2.24) is 4.67 Å². The number of nitrogens with zero attached hydrogens (tertiary/aromatic N) is 2. The van der Waals surface area contributed by atoms with Crippen molar-refractivity contribution >= 4 is 52.5 Å². The van der Waals surface area contributed by atoms with Gasteiger partial charge in [0.15, 0.2) is 0 Å². The van der Waals surface area contributed by atoms with Crippen LogP contribution in [-0.2, 0) is 19.9 Å². The van der Waals surface area contributed by atoms with Gasteiger partial charge in [-0.3, -0.25) is 13.4 Å². The van der Waals surface area contributed by atoms with E-state index in [1.54, 1.807) is 35.2 Å². The van der Waals surface area contributed by atoms with Crippen LogP contribution in [0.2, 0.25) is 5.02 Å². The van der Waals surface area contributed by atoms with Gasteiger partial charge in [-0.25, -0.2) is 4.99 Å². The van der Waals surface area contributed by atoms with Gasteiger partial charge >= 0.3 is 6.72 Å². The highest BCUT2D eigenvalue weighted by Gasteiger charge is 2.30. The minimum absolute atomic E-state index is 0.342. The van der Waals surface area contributed by atoms with Crippen LogP contribution in [0, 0.1) is 0 Å². The second-order valence-corrected chi connectivity index (χ2v) is 11.4. The van der Waals surface area contributed by atoms with Crippen molar-refractivity contribution in [3.63, 3.8) is 0 Å². The Morgan fingerprint density at radius 2 is 2.04 bits per heavy atom. The zero-order valence-corrected chi connectivity index (χ0v) is 17.5. The summed E-state index contributed by atoms with van der Waals surface area (Å²) in [6.45, 7) is 1.42. The Morgan fingerprint density at radius 3 is 2.58 bits per heavy atom. The highest BCUT2D eigenvalue weighted by Crippen LogP contribution is 2.62. The second-order valence-electron chi connectivity index (χ2n) is 4.88. The molecule has 5 nitrogen and oxygen atoms in total. The number of aliphatic imine (C=N–C) groups is 1. The molecule has 0 fully saturated rings. The van der Waals surface area contributed by atoms with Crippen LogP contribution in [-0.4, -0.2) is 46.1 Å². The Bertz CT molecular complexity index is 599. The first-order valence-electron chi connectivity index (χ1n) is 7.67. The van der Waals surface area contributed by atoms with Gasteiger partial charge in [-0.2, -0.15) is 0 Å². The first-order chi connectivity index (χ1) is 11.4. The summed E-state index contributed by atoms with van der Waals surface area (Å²) in [7, 11) is -0.988. The summed E-state index contributed by atoms with van der Waals surface area (Å²) in [5, 5.41) is 0.630. The van der Waals surface area contributed by atoms with Gasteiger partial charge in [-0.05, 0) is 49.0 Å². The molecular weight excluding hydrogens is 387 g/mol. The third kappa shape index (κ3) is 7.70. The molecule has 0 amide bonds. The molecule has 1 aromatic carbocycles. The van der Waals surface area contributed by atoms with E-state index in [4.69, 9.17) is 16.1 Å². The van der Waals surface area contributed by atoms with Gasteiger partial charge in [0.2, 0.25) is 0 Å². The van der Waals surface area contributed by atoms with E-state index in [1.165, 1.54) is 17.7 Å². The number of halogens is 1. The summed E-state index contributed by atoms with van der Waals surface area (Å²) in [5.74, 6) is 1.12. The molecule has 0 aliphatic heterocycles. The Labute approximate surface area is 155 Å². The molecule has 0 aliphatic carbocycles. The molecule has 0 bridgehead atoms. The number of rotatable bonds is 11. The van der Waals surface area contributed by atoms with E-state index in [1.807, 2.05) is 13.8 Å². The molecule has 0 saturated carbocycles. The lowest BCUT2D eigenvalue weighted by Gasteiger charge is -2.28. The molecule has 0 spiro atoms. The largest absolute Gasteiger partial charge is 0.354 e. The van der Waals surface area contributed by atoms with Crippen molar-refractivity contribution in [1.29, 1.82) is 0 Å². The van der Waals surface area contributed by atoms with Crippen LogP contribution in [0.5, 0.6) is 0 Å². The van der Waals surface area contributed by atoms with Crippen molar-refractivity contribution in [2.24, 2.45) is 4.99 Å². The maximum absolute atomic E-state index is 13.2. The minimum atomic E-state index is -3.11. The molecular formula is C15H24ClN2O3PS2. The Morgan fingerprint density at radius 1 is 1.38 bits per heavy atom. The smallest absolute Gasteiger partial charge is 0.306 e.